The molecule has 0 aromatic heterocycles. The van der Waals surface area contributed by atoms with E-state index in [0.717, 1.165) is 64.1 Å². The van der Waals surface area contributed by atoms with Crippen molar-refractivity contribution in [3.63, 3.8) is 0 Å². The van der Waals surface area contributed by atoms with Crippen molar-refractivity contribution in [3.05, 3.63) is 58.6 Å². The first-order valence-electron chi connectivity index (χ1n) is 12.1. The Labute approximate surface area is 219 Å². The number of nitriles is 1. The summed E-state index contributed by atoms with van der Waals surface area (Å²) in [4.78, 5) is 2.81. The zero-order valence-electron chi connectivity index (χ0n) is 19.5. The maximum Gasteiger partial charge on any atom is 0.240 e. The summed E-state index contributed by atoms with van der Waals surface area (Å²) in [5, 5.41) is 9.79. The first-order valence-corrected chi connectivity index (χ1v) is 13.9. The monoisotopic (exact) mass is 535 g/mol. The fourth-order valence-corrected chi connectivity index (χ4v) is 7.17. The molecule has 1 saturated carbocycles. The molecule has 2 aliphatic heterocycles. The molecular formula is C26H31Cl2N3O3S. The van der Waals surface area contributed by atoms with Crippen molar-refractivity contribution in [3.8, 4) is 11.8 Å². The highest BCUT2D eigenvalue weighted by Crippen LogP contribution is 2.42. The van der Waals surface area contributed by atoms with Crippen LogP contribution in [0.4, 0.5) is 0 Å². The average Bonchev–Trinajstić information content (AvgIpc) is 3.27. The molecule has 2 aromatic rings. The van der Waals surface area contributed by atoms with Crippen LogP contribution in [-0.4, -0.2) is 45.6 Å². The fourth-order valence-electron chi connectivity index (χ4n) is 5.74. The van der Waals surface area contributed by atoms with Crippen LogP contribution in [0, 0.1) is 23.2 Å². The van der Waals surface area contributed by atoms with Crippen LogP contribution in [0.3, 0.4) is 0 Å². The minimum absolute atomic E-state index is 0. The number of likely N-dealkylation sites (tertiary alicyclic amines) is 1. The molecule has 9 heteroatoms. The first-order chi connectivity index (χ1) is 16.4. The van der Waals surface area contributed by atoms with Crippen LogP contribution in [0.2, 0.25) is 5.02 Å². The Kier molecular flexibility index (Phi) is 8.30. The third kappa shape index (κ3) is 5.95. The molecule has 1 aliphatic carbocycles. The fraction of sp³-hybridized carbons (Fsp3) is 0.500. The third-order valence-electron chi connectivity index (χ3n) is 7.65. The zero-order chi connectivity index (χ0) is 23.7. The molecule has 3 aliphatic rings. The van der Waals surface area contributed by atoms with E-state index in [2.05, 4.69) is 15.7 Å². The summed E-state index contributed by atoms with van der Waals surface area (Å²) in [6.07, 6.45) is 4.99. The van der Waals surface area contributed by atoms with Crippen molar-refractivity contribution in [2.24, 2.45) is 11.8 Å². The molecule has 2 atom stereocenters. The van der Waals surface area contributed by atoms with Crippen LogP contribution in [0.25, 0.3) is 0 Å². The number of hydrogen-bond acceptors (Lipinski definition) is 5. The third-order valence-corrected chi connectivity index (χ3v) is 9.44. The first kappa shape index (κ1) is 26.2. The summed E-state index contributed by atoms with van der Waals surface area (Å²) in [5.41, 5.74) is 1.89. The molecule has 0 spiro atoms. The maximum absolute atomic E-state index is 12.7. The highest BCUT2D eigenvalue weighted by molar-refractivity contribution is 7.89. The van der Waals surface area contributed by atoms with Crippen LogP contribution in [-0.2, 0) is 10.0 Å². The summed E-state index contributed by atoms with van der Waals surface area (Å²) in [5.74, 6) is 2.49. The largest absolute Gasteiger partial charge is 0.493 e. The van der Waals surface area contributed by atoms with Crippen LogP contribution in [0.15, 0.2) is 47.4 Å². The van der Waals surface area contributed by atoms with Crippen molar-refractivity contribution in [2.75, 3.05) is 26.2 Å². The molecule has 1 N–H and O–H groups in total. The van der Waals surface area contributed by atoms with Gasteiger partial charge in [-0.1, -0.05) is 11.6 Å². The lowest BCUT2D eigenvalue weighted by Crippen LogP contribution is -2.38. The van der Waals surface area contributed by atoms with Gasteiger partial charge in [0.15, 0.2) is 0 Å². The molecule has 5 rings (SSSR count). The van der Waals surface area contributed by atoms with Crippen molar-refractivity contribution >= 4 is 34.0 Å². The van der Waals surface area contributed by atoms with Gasteiger partial charge < -0.3 is 9.64 Å². The van der Waals surface area contributed by atoms with E-state index in [1.54, 1.807) is 24.3 Å². The lowest BCUT2D eigenvalue weighted by atomic mass is 9.84. The summed E-state index contributed by atoms with van der Waals surface area (Å²) in [6, 6.07) is 14.3. The normalized spacial score (nSPS) is 26.1. The van der Waals surface area contributed by atoms with Gasteiger partial charge in [0.1, 0.15) is 5.75 Å². The predicted octanol–water partition coefficient (Wildman–Crippen LogP) is 4.97. The van der Waals surface area contributed by atoms with E-state index in [4.69, 9.17) is 16.3 Å². The number of rotatable bonds is 6. The van der Waals surface area contributed by atoms with E-state index >= 15 is 0 Å². The molecule has 0 amide bonds. The number of fused-ring (bicyclic) bond motifs is 3. The Hall–Kier alpha value is -1.82. The summed E-state index contributed by atoms with van der Waals surface area (Å²) < 4.78 is 34.2. The molecule has 2 heterocycles. The minimum Gasteiger partial charge on any atom is -0.493 e. The number of halogens is 2. The van der Waals surface area contributed by atoms with Gasteiger partial charge in [-0.2, -0.15) is 5.26 Å². The van der Waals surface area contributed by atoms with Crippen LogP contribution < -0.4 is 9.46 Å². The van der Waals surface area contributed by atoms with Gasteiger partial charge in [-0.05, 0) is 87.0 Å². The molecular weight excluding hydrogens is 505 g/mol. The molecule has 2 aromatic carbocycles. The number of ether oxygens (including phenoxy) is 1. The molecule has 35 heavy (non-hydrogen) atoms. The van der Waals surface area contributed by atoms with E-state index < -0.39 is 10.0 Å². The van der Waals surface area contributed by atoms with Crippen molar-refractivity contribution in [2.45, 2.75) is 49.0 Å². The molecule has 0 radical (unpaired) electrons. The van der Waals surface area contributed by atoms with Gasteiger partial charge in [-0.3, -0.25) is 0 Å². The Bertz CT molecular complexity index is 1180. The Morgan fingerprint density at radius 1 is 1.09 bits per heavy atom. The lowest BCUT2D eigenvalue weighted by Gasteiger charge is -2.30. The van der Waals surface area contributed by atoms with E-state index in [1.165, 1.54) is 5.56 Å². The Morgan fingerprint density at radius 2 is 1.83 bits per heavy atom. The van der Waals surface area contributed by atoms with Gasteiger partial charge in [-0.15, -0.1) is 12.4 Å². The topological polar surface area (TPSA) is 82.4 Å². The molecule has 188 valence electrons. The number of nitrogens with one attached hydrogen (secondary N) is 1. The number of benzene rings is 2. The SMILES string of the molecule is Cl.N#Cc1ccc2c(c1)[C@@H]1CN(CCC3CCC(NS(=O)(=O)c4ccc(Cl)cc4)CC3)C[C@H]1CO2. The molecule has 0 unspecified atom stereocenters. The smallest absolute Gasteiger partial charge is 0.240 e. The van der Waals surface area contributed by atoms with Gasteiger partial charge in [-0.25, -0.2) is 13.1 Å². The van der Waals surface area contributed by atoms with E-state index in [-0.39, 0.29) is 23.3 Å². The van der Waals surface area contributed by atoms with Gasteiger partial charge in [0.25, 0.3) is 0 Å². The number of sulfonamides is 1. The van der Waals surface area contributed by atoms with E-state index in [9.17, 15) is 13.7 Å². The van der Waals surface area contributed by atoms with Crippen molar-refractivity contribution < 1.29 is 13.2 Å². The standard InChI is InChI=1S/C26H30ClN3O3S.ClH/c27-21-4-8-23(9-5-21)34(31,32)29-22-6-1-18(2-7-22)11-12-30-15-20-17-33-26-10-3-19(14-28)13-24(26)25(20)16-30;/h3-5,8-10,13,18,20,22,25,29H,1-2,6-7,11-12,15-17H2;1H/t18?,20-,22?,25+;/m0./s1. The number of hydrogen-bond donors (Lipinski definition) is 1. The van der Waals surface area contributed by atoms with Crippen molar-refractivity contribution in [1.29, 1.82) is 5.26 Å². The van der Waals surface area contributed by atoms with Crippen LogP contribution in [0.5, 0.6) is 5.75 Å². The summed E-state index contributed by atoms with van der Waals surface area (Å²) >= 11 is 5.88. The highest BCUT2D eigenvalue weighted by atomic mass is 35.5. The van der Waals surface area contributed by atoms with E-state index in [1.807, 2.05) is 18.2 Å². The summed E-state index contributed by atoms with van der Waals surface area (Å²) in [7, 11) is -3.51. The maximum atomic E-state index is 12.7. The average molecular weight is 537 g/mol. The van der Waals surface area contributed by atoms with Gasteiger partial charge in [0, 0.05) is 41.6 Å². The molecule has 0 bridgehead atoms. The Morgan fingerprint density at radius 3 is 2.54 bits per heavy atom. The minimum atomic E-state index is -3.51. The van der Waals surface area contributed by atoms with Crippen LogP contribution in [0.1, 0.15) is 49.1 Å². The molecule has 2 fully saturated rings. The molecule has 1 saturated heterocycles. The molecule has 6 nitrogen and oxygen atoms in total. The zero-order valence-corrected chi connectivity index (χ0v) is 21.9. The second kappa shape index (κ2) is 11.1. The van der Waals surface area contributed by atoms with Gasteiger partial charge >= 0.3 is 0 Å². The van der Waals surface area contributed by atoms with Crippen LogP contribution >= 0.6 is 24.0 Å². The number of nitrogens with zero attached hydrogens (tertiary/aromatic N) is 2. The van der Waals surface area contributed by atoms with E-state index in [0.29, 0.717) is 28.3 Å². The second-order valence-electron chi connectivity index (χ2n) is 9.88. The summed E-state index contributed by atoms with van der Waals surface area (Å²) in [6.45, 7) is 3.87. The van der Waals surface area contributed by atoms with Gasteiger partial charge in [0.2, 0.25) is 10.0 Å². The second-order valence-corrected chi connectivity index (χ2v) is 12.0. The van der Waals surface area contributed by atoms with Gasteiger partial charge in [0.05, 0.1) is 23.1 Å². The van der Waals surface area contributed by atoms with Crippen molar-refractivity contribution in [1.82, 2.24) is 9.62 Å². The predicted molar refractivity (Wildman–Crippen MR) is 139 cm³/mol. The quantitative estimate of drug-likeness (QED) is 0.564. The highest BCUT2D eigenvalue weighted by Gasteiger charge is 2.39. The lowest BCUT2D eigenvalue weighted by molar-refractivity contribution is 0.208. The Balaban J connectivity index is 0.00000289.